The smallest absolute Gasteiger partial charge is 0.257 e. The highest BCUT2D eigenvalue weighted by Gasteiger charge is 2.07. The molecule has 1 aromatic carbocycles. The normalized spacial score (nSPS) is 12.0. The fourth-order valence-electron chi connectivity index (χ4n) is 1.63. The third kappa shape index (κ3) is 5.61. The monoisotopic (exact) mass is 328 g/mol. The molecule has 1 rings (SSSR count). The maximum atomic E-state index is 11.3. The molecule has 1 unspecified atom stereocenters. The predicted octanol–water partition coefficient (Wildman–Crippen LogP) is 2.24. The van der Waals surface area contributed by atoms with Crippen molar-refractivity contribution in [3.8, 4) is 5.75 Å². The van der Waals surface area contributed by atoms with Crippen molar-refractivity contribution < 1.29 is 9.53 Å². The Morgan fingerprint density at radius 2 is 2.21 bits per heavy atom. The topological polar surface area (TPSA) is 64.3 Å². The first-order valence-electron chi connectivity index (χ1n) is 6.50. The molecule has 1 atom stereocenters. The molecule has 1 aromatic rings. The van der Waals surface area contributed by atoms with E-state index in [1.807, 2.05) is 25.1 Å². The molecule has 0 radical (unpaired) electrons. The highest BCUT2D eigenvalue weighted by molar-refractivity contribution is 9.10. The van der Waals surface area contributed by atoms with Crippen LogP contribution < -0.4 is 15.8 Å². The summed E-state index contributed by atoms with van der Waals surface area (Å²) in [7, 11) is 0. The van der Waals surface area contributed by atoms with E-state index < -0.39 is 0 Å². The lowest BCUT2D eigenvalue weighted by atomic mass is 10.0. The first kappa shape index (κ1) is 16.0. The van der Waals surface area contributed by atoms with Crippen molar-refractivity contribution in [2.45, 2.75) is 32.7 Å². The summed E-state index contributed by atoms with van der Waals surface area (Å²) in [6.07, 6.45) is 1.79. The zero-order valence-electron chi connectivity index (χ0n) is 11.4. The largest absolute Gasteiger partial charge is 0.483 e. The van der Waals surface area contributed by atoms with Gasteiger partial charge in [0, 0.05) is 12.6 Å². The van der Waals surface area contributed by atoms with Gasteiger partial charge in [-0.1, -0.05) is 13.0 Å². The second-order valence-electron chi connectivity index (χ2n) is 4.38. The average Bonchev–Trinajstić information content (AvgIpc) is 2.38. The van der Waals surface area contributed by atoms with Gasteiger partial charge in [0.1, 0.15) is 5.75 Å². The Morgan fingerprint density at radius 1 is 1.47 bits per heavy atom. The molecule has 3 N–H and O–H groups in total. The van der Waals surface area contributed by atoms with Gasteiger partial charge in [-0.15, -0.1) is 0 Å². The van der Waals surface area contributed by atoms with E-state index in [-0.39, 0.29) is 18.6 Å². The molecule has 0 aliphatic rings. The number of hydrogen-bond acceptors (Lipinski definition) is 3. The molecule has 0 aromatic heterocycles. The van der Waals surface area contributed by atoms with Gasteiger partial charge in [-0.2, -0.15) is 0 Å². The standard InChI is InChI=1S/C14H21BrN2O2/c1-3-11(16)7-10-5-6-13(12(15)8-10)19-9-14(18)17-4-2/h5-6,8,11H,3-4,7,9,16H2,1-2H3,(H,17,18). The molecule has 19 heavy (non-hydrogen) atoms. The van der Waals surface area contributed by atoms with Gasteiger partial charge in [0.05, 0.1) is 4.47 Å². The Balaban J connectivity index is 2.59. The predicted molar refractivity (Wildman–Crippen MR) is 80.3 cm³/mol. The number of nitrogens with one attached hydrogen (secondary N) is 1. The van der Waals surface area contributed by atoms with E-state index in [2.05, 4.69) is 28.2 Å². The van der Waals surface area contributed by atoms with Crippen LogP contribution in [0.25, 0.3) is 0 Å². The number of rotatable bonds is 7. The van der Waals surface area contributed by atoms with Gasteiger partial charge in [-0.25, -0.2) is 0 Å². The molecule has 0 saturated heterocycles. The van der Waals surface area contributed by atoms with Crippen LogP contribution in [0.3, 0.4) is 0 Å². The number of hydrogen-bond donors (Lipinski definition) is 2. The third-order valence-electron chi connectivity index (χ3n) is 2.75. The summed E-state index contributed by atoms with van der Waals surface area (Å²) in [6, 6.07) is 6.01. The molecule has 0 bridgehead atoms. The number of benzene rings is 1. The van der Waals surface area contributed by atoms with E-state index in [0.717, 1.165) is 22.9 Å². The van der Waals surface area contributed by atoms with Crippen molar-refractivity contribution in [1.29, 1.82) is 0 Å². The molecule has 0 spiro atoms. The number of carbonyl (C=O) groups is 1. The number of likely N-dealkylation sites (N-methyl/N-ethyl adjacent to an activating group) is 1. The molecule has 0 saturated carbocycles. The first-order chi connectivity index (χ1) is 9.06. The fraction of sp³-hybridized carbons (Fsp3) is 0.500. The number of carbonyl (C=O) groups excluding carboxylic acids is 1. The molecular weight excluding hydrogens is 308 g/mol. The minimum absolute atomic E-state index is 0.0280. The average molecular weight is 329 g/mol. The van der Waals surface area contributed by atoms with Crippen molar-refractivity contribution in [3.63, 3.8) is 0 Å². The summed E-state index contributed by atoms with van der Waals surface area (Å²) in [4.78, 5) is 11.3. The first-order valence-corrected chi connectivity index (χ1v) is 7.29. The van der Waals surface area contributed by atoms with Crippen LogP contribution in [-0.4, -0.2) is 25.1 Å². The van der Waals surface area contributed by atoms with E-state index in [4.69, 9.17) is 10.5 Å². The van der Waals surface area contributed by atoms with E-state index in [1.54, 1.807) is 0 Å². The quantitative estimate of drug-likeness (QED) is 0.806. The van der Waals surface area contributed by atoms with Crippen LogP contribution in [0.15, 0.2) is 22.7 Å². The number of amides is 1. The summed E-state index contributed by atoms with van der Waals surface area (Å²) in [5.74, 6) is 0.548. The highest BCUT2D eigenvalue weighted by atomic mass is 79.9. The maximum absolute atomic E-state index is 11.3. The lowest BCUT2D eigenvalue weighted by molar-refractivity contribution is -0.122. The van der Waals surface area contributed by atoms with Crippen LogP contribution >= 0.6 is 15.9 Å². The van der Waals surface area contributed by atoms with Gasteiger partial charge in [-0.05, 0) is 53.4 Å². The summed E-state index contributed by atoms with van der Waals surface area (Å²) < 4.78 is 6.29. The molecule has 0 aliphatic carbocycles. The van der Waals surface area contributed by atoms with Crippen LogP contribution in [0.1, 0.15) is 25.8 Å². The molecule has 106 valence electrons. The fourth-order valence-corrected chi connectivity index (χ4v) is 2.17. The lowest BCUT2D eigenvalue weighted by Gasteiger charge is -2.12. The van der Waals surface area contributed by atoms with E-state index >= 15 is 0 Å². The number of halogens is 1. The second kappa shape index (κ2) is 8.17. The summed E-state index contributed by atoms with van der Waals surface area (Å²) in [6.45, 7) is 4.58. The van der Waals surface area contributed by atoms with Crippen LogP contribution in [0.5, 0.6) is 5.75 Å². The van der Waals surface area contributed by atoms with Crippen LogP contribution in [0, 0.1) is 0 Å². The molecule has 0 fully saturated rings. The minimum Gasteiger partial charge on any atom is -0.483 e. The van der Waals surface area contributed by atoms with E-state index in [9.17, 15) is 4.79 Å². The van der Waals surface area contributed by atoms with Gasteiger partial charge < -0.3 is 15.8 Å². The van der Waals surface area contributed by atoms with Gasteiger partial charge in [0.25, 0.3) is 5.91 Å². The minimum atomic E-state index is -0.119. The van der Waals surface area contributed by atoms with E-state index in [1.165, 1.54) is 0 Å². The second-order valence-corrected chi connectivity index (χ2v) is 5.23. The molecular formula is C14H21BrN2O2. The summed E-state index contributed by atoms with van der Waals surface area (Å²) >= 11 is 3.45. The maximum Gasteiger partial charge on any atom is 0.257 e. The summed E-state index contributed by atoms with van der Waals surface area (Å²) in [5, 5.41) is 2.68. The van der Waals surface area contributed by atoms with Crippen LogP contribution in [0.2, 0.25) is 0 Å². The van der Waals surface area contributed by atoms with Gasteiger partial charge in [-0.3, -0.25) is 4.79 Å². The Morgan fingerprint density at radius 3 is 2.79 bits per heavy atom. The molecule has 1 amide bonds. The molecule has 0 aliphatic heterocycles. The van der Waals surface area contributed by atoms with Crippen molar-refractivity contribution in [3.05, 3.63) is 28.2 Å². The Bertz CT molecular complexity index is 424. The zero-order valence-corrected chi connectivity index (χ0v) is 13.0. The summed E-state index contributed by atoms with van der Waals surface area (Å²) in [5.41, 5.74) is 7.08. The SMILES string of the molecule is CCNC(=O)COc1ccc(CC(N)CC)cc1Br. The van der Waals surface area contributed by atoms with Gasteiger partial charge >= 0.3 is 0 Å². The number of nitrogens with two attached hydrogens (primary N) is 1. The van der Waals surface area contributed by atoms with Gasteiger partial charge in [0.15, 0.2) is 6.61 Å². The molecule has 5 heteroatoms. The molecule has 4 nitrogen and oxygen atoms in total. The number of ether oxygens (including phenoxy) is 1. The van der Waals surface area contributed by atoms with Crippen LogP contribution in [-0.2, 0) is 11.2 Å². The van der Waals surface area contributed by atoms with Crippen molar-refractivity contribution in [1.82, 2.24) is 5.32 Å². The molecule has 0 heterocycles. The van der Waals surface area contributed by atoms with Crippen molar-refractivity contribution >= 4 is 21.8 Å². The Hall–Kier alpha value is -1.07. The highest BCUT2D eigenvalue weighted by Crippen LogP contribution is 2.26. The lowest BCUT2D eigenvalue weighted by Crippen LogP contribution is -2.28. The van der Waals surface area contributed by atoms with E-state index in [0.29, 0.717) is 12.3 Å². The third-order valence-corrected chi connectivity index (χ3v) is 3.37. The van der Waals surface area contributed by atoms with Crippen LogP contribution in [0.4, 0.5) is 0 Å². The Kier molecular flexibility index (Phi) is 6.87. The Labute approximate surface area is 122 Å². The van der Waals surface area contributed by atoms with Crippen molar-refractivity contribution in [2.24, 2.45) is 5.73 Å². The van der Waals surface area contributed by atoms with Crippen molar-refractivity contribution in [2.75, 3.05) is 13.2 Å². The zero-order chi connectivity index (χ0) is 14.3. The van der Waals surface area contributed by atoms with Gasteiger partial charge in [0.2, 0.25) is 0 Å².